The minimum absolute atomic E-state index is 0.0734. The molecule has 4 rings (SSSR count). The lowest BCUT2D eigenvalue weighted by atomic mass is 10.1. The lowest BCUT2D eigenvalue weighted by Crippen LogP contribution is -2.33. The molecule has 23 heavy (non-hydrogen) atoms. The van der Waals surface area contributed by atoms with Crippen LogP contribution in [0.4, 0.5) is 5.69 Å². The number of hydrogen-bond donors (Lipinski definition) is 0. The molecule has 0 aromatic heterocycles. The number of amides is 1. The molecule has 0 saturated carbocycles. The molecule has 0 aliphatic carbocycles. The van der Waals surface area contributed by atoms with Gasteiger partial charge in [0.15, 0.2) is 0 Å². The molecule has 0 bridgehead atoms. The Morgan fingerprint density at radius 1 is 0.870 bits per heavy atom. The highest BCUT2D eigenvalue weighted by Gasteiger charge is 2.39. The Bertz CT molecular complexity index is 1060. The van der Waals surface area contributed by atoms with Crippen molar-refractivity contribution in [2.45, 2.75) is 4.90 Å². The van der Waals surface area contributed by atoms with Gasteiger partial charge >= 0.3 is 0 Å². The first-order valence-corrected chi connectivity index (χ1v) is 8.69. The lowest BCUT2D eigenvalue weighted by Gasteiger charge is -2.18. The van der Waals surface area contributed by atoms with E-state index in [1.165, 1.54) is 12.1 Å². The van der Waals surface area contributed by atoms with E-state index >= 15 is 0 Å². The van der Waals surface area contributed by atoms with E-state index in [9.17, 15) is 13.2 Å². The molecule has 6 heteroatoms. The number of rotatable bonds is 2. The van der Waals surface area contributed by atoms with Crippen molar-refractivity contribution in [3.63, 3.8) is 0 Å². The number of hydrogen-bond acceptors (Lipinski definition) is 3. The molecule has 0 atom stereocenters. The fourth-order valence-corrected chi connectivity index (χ4v) is 4.52. The number of carbonyl (C=O) groups is 1. The fraction of sp³-hybridized carbons (Fsp3) is 0. The van der Waals surface area contributed by atoms with Crippen molar-refractivity contribution in [1.82, 2.24) is 0 Å². The molecule has 3 aromatic carbocycles. The highest BCUT2D eigenvalue weighted by molar-refractivity contribution is 7.93. The van der Waals surface area contributed by atoms with E-state index in [2.05, 4.69) is 0 Å². The van der Waals surface area contributed by atoms with E-state index in [1.807, 2.05) is 0 Å². The Hall–Kier alpha value is -2.37. The van der Waals surface area contributed by atoms with Crippen LogP contribution in [0.2, 0.25) is 5.02 Å². The second-order valence-electron chi connectivity index (χ2n) is 5.18. The molecule has 1 aliphatic heterocycles. The second kappa shape index (κ2) is 4.81. The molecule has 0 N–H and O–H groups in total. The maximum atomic E-state index is 12.9. The first-order chi connectivity index (χ1) is 11.0. The van der Waals surface area contributed by atoms with Gasteiger partial charge in [0.1, 0.15) is 0 Å². The van der Waals surface area contributed by atoms with Crippen molar-refractivity contribution in [1.29, 1.82) is 0 Å². The zero-order chi connectivity index (χ0) is 16.2. The Morgan fingerprint density at radius 2 is 1.61 bits per heavy atom. The molecule has 1 aliphatic rings. The van der Waals surface area contributed by atoms with Gasteiger partial charge < -0.3 is 0 Å². The third-order valence-electron chi connectivity index (χ3n) is 3.88. The average molecular weight is 344 g/mol. The van der Waals surface area contributed by atoms with Crippen LogP contribution < -0.4 is 4.31 Å². The van der Waals surface area contributed by atoms with Crippen molar-refractivity contribution in [2.75, 3.05) is 4.31 Å². The maximum absolute atomic E-state index is 12.9. The summed E-state index contributed by atoms with van der Waals surface area (Å²) in [5, 5.41) is 1.72. The highest BCUT2D eigenvalue weighted by Crippen LogP contribution is 2.42. The van der Waals surface area contributed by atoms with E-state index in [4.69, 9.17) is 11.6 Å². The average Bonchev–Trinajstić information content (AvgIpc) is 2.86. The summed E-state index contributed by atoms with van der Waals surface area (Å²) >= 11 is 6.18. The number of anilines is 1. The predicted molar refractivity (Wildman–Crippen MR) is 89.4 cm³/mol. The van der Waals surface area contributed by atoms with Gasteiger partial charge in [-0.3, -0.25) is 4.79 Å². The van der Waals surface area contributed by atoms with Crippen molar-refractivity contribution in [3.05, 3.63) is 71.2 Å². The highest BCUT2D eigenvalue weighted by atomic mass is 35.5. The molecule has 0 unspecified atom stereocenters. The van der Waals surface area contributed by atoms with Crippen molar-refractivity contribution < 1.29 is 13.2 Å². The van der Waals surface area contributed by atoms with Crippen LogP contribution in [0.15, 0.2) is 65.6 Å². The molecule has 0 spiro atoms. The van der Waals surface area contributed by atoms with Gasteiger partial charge in [-0.05, 0) is 30.3 Å². The first-order valence-electron chi connectivity index (χ1n) is 6.88. The molecule has 3 aromatic rings. The van der Waals surface area contributed by atoms with E-state index < -0.39 is 15.9 Å². The van der Waals surface area contributed by atoms with E-state index in [0.717, 1.165) is 4.31 Å². The van der Waals surface area contributed by atoms with E-state index in [0.29, 0.717) is 27.0 Å². The second-order valence-corrected chi connectivity index (χ2v) is 7.38. The summed E-state index contributed by atoms with van der Waals surface area (Å²) < 4.78 is 26.7. The van der Waals surface area contributed by atoms with Gasteiger partial charge in [-0.25, -0.2) is 8.42 Å². The monoisotopic (exact) mass is 343 g/mol. The van der Waals surface area contributed by atoms with Crippen LogP contribution in [0.3, 0.4) is 0 Å². The summed E-state index contributed by atoms with van der Waals surface area (Å²) in [5.74, 6) is -0.559. The topological polar surface area (TPSA) is 54.5 Å². The Balaban J connectivity index is 2.02. The van der Waals surface area contributed by atoms with Crippen molar-refractivity contribution in [2.24, 2.45) is 0 Å². The van der Waals surface area contributed by atoms with E-state index in [1.54, 1.807) is 48.5 Å². The van der Waals surface area contributed by atoms with Gasteiger partial charge in [0.05, 0.1) is 16.1 Å². The molecular weight excluding hydrogens is 334 g/mol. The van der Waals surface area contributed by atoms with E-state index in [-0.39, 0.29) is 4.90 Å². The minimum Gasteiger partial charge on any atom is -0.268 e. The molecule has 1 amide bonds. The number of halogens is 1. The Kier molecular flexibility index (Phi) is 2.98. The Labute approximate surface area is 138 Å². The lowest BCUT2D eigenvalue weighted by molar-refractivity contribution is 0.101. The normalized spacial score (nSPS) is 13.8. The standard InChI is InChI=1S/C17H10ClNO3S/c18-14-9-10-15-16-12(14)7-4-8-13(16)17(20)19(15)23(21,22)11-5-2-1-3-6-11/h1-10H. The van der Waals surface area contributed by atoms with Crippen molar-refractivity contribution in [3.8, 4) is 0 Å². The van der Waals surface area contributed by atoms with Gasteiger partial charge in [0.25, 0.3) is 15.9 Å². The van der Waals surface area contributed by atoms with Crippen LogP contribution in [-0.4, -0.2) is 14.3 Å². The first kappa shape index (κ1) is 14.2. The van der Waals surface area contributed by atoms with Crippen LogP contribution in [0, 0.1) is 0 Å². The third-order valence-corrected chi connectivity index (χ3v) is 5.92. The summed E-state index contributed by atoms with van der Waals surface area (Å²) in [6.45, 7) is 0. The molecule has 4 nitrogen and oxygen atoms in total. The number of sulfonamides is 1. The molecule has 0 saturated heterocycles. The summed E-state index contributed by atoms with van der Waals surface area (Å²) in [4.78, 5) is 12.8. The van der Waals surface area contributed by atoms with Crippen LogP contribution in [0.25, 0.3) is 10.8 Å². The van der Waals surface area contributed by atoms with Gasteiger partial charge in [-0.15, -0.1) is 0 Å². The molecule has 1 heterocycles. The molecular formula is C17H10ClNO3S. The number of benzene rings is 3. The van der Waals surface area contributed by atoms with Crippen LogP contribution >= 0.6 is 11.6 Å². The minimum atomic E-state index is -3.97. The SMILES string of the molecule is O=C1c2cccc3c(Cl)ccc(c23)N1S(=O)(=O)c1ccccc1. The van der Waals surface area contributed by atoms with Crippen molar-refractivity contribution >= 4 is 44.0 Å². The smallest absolute Gasteiger partial charge is 0.268 e. The zero-order valence-corrected chi connectivity index (χ0v) is 13.3. The van der Waals surface area contributed by atoms with Crippen LogP contribution in [-0.2, 0) is 10.0 Å². The van der Waals surface area contributed by atoms with Crippen LogP contribution in [0.1, 0.15) is 10.4 Å². The molecule has 114 valence electrons. The molecule has 0 fully saturated rings. The zero-order valence-electron chi connectivity index (χ0n) is 11.7. The third kappa shape index (κ3) is 1.90. The summed E-state index contributed by atoms with van der Waals surface area (Å²) in [5.41, 5.74) is 0.688. The molecule has 0 radical (unpaired) electrons. The number of nitrogens with zero attached hydrogens (tertiary/aromatic N) is 1. The van der Waals surface area contributed by atoms with Gasteiger partial charge in [-0.2, -0.15) is 4.31 Å². The maximum Gasteiger partial charge on any atom is 0.273 e. The predicted octanol–water partition coefficient (Wildman–Crippen LogP) is 3.84. The van der Waals surface area contributed by atoms with Gasteiger partial charge in [-0.1, -0.05) is 41.9 Å². The largest absolute Gasteiger partial charge is 0.273 e. The van der Waals surface area contributed by atoms with Gasteiger partial charge in [0.2, 0.25) is 0 Å². The summed E-state index contributed by atoms with van der Waals surface area (Å²) in [6, 6.07) is 16.2. The number of carbonyl (C=O) groups excluding carboxylic acids is 1. The van der Waals surface area contributed by atoms with Crippen LogP contribution in [0.5, 0.6) is 0 Å². The quantitative estimate of drug-likeness (QED) is 0.710. The fourth-order valence-electron chi connectivity index (χ4n) is 2.86. The summed E-state index contributed by atoms with van der Waals surface area (Å²) in [6.07, 6.45) is 0. The summed E-state index contributed by atoms with van der Waals surface area (Å²) in [7, 11) is -3.97. The van der Waals surface area contributed by atoms with Gasteiger partial charge in [0, 0.05) is 15.8 Å². The Morgan fingerprint density at radius 3 is 2.35 bits per heavy atom.